The zero-order valence-electron chi connectivity index (χ0n) is 11.0. The Morgan fingerprint density at radius 3 is 2.16 bits per heavy atom. The second-order valence-electron chi connectivity index (χ2n) is 5.02. The van der Waals surface area contributed by atoms with Crippen LogP contribution < -0.4 is 5.32 Å². The number of hydrogen-bond acceptors (Lipinski definition) is 4. The molecular formula is C11H19F2NO5. The predicted octanol–water partition coefficient (Wildman–Crippen LogP) is 1.37. The Balaban J connectivity index is 4.35. The van der Waals surface area contributed by atoms with E-state index in [1.807, 2.05) is 0 Å². The fourth-order valence-corrected chi connectivity index (χ4v) is 1.17. The lowest BCUT2D eigenvalue weighted by Crippen LogP contribution is -2.44. The van der Waals surface area contributed by atoms with Crippen molar-refractivity contribution in [3.8, 4) is 0 Å². The van der Waals surface area contributed by atoms with Gasteiger partial charge in [-0.2, -0.15) is 0 Å². The van der Waals surface area contributed by atoms with Gasteiger partial charge in [0.05, 0.1) is 0 Å². The molecule has 19 heavy (non-hydrogen) atoms. The van der Waals surface area contributed by atoms with Gasteiger partial charge in [-0.15, -0.1) is 0 Å². The molecule has 0 bridgehead atoms. The minimum Gasteiger partial charge on any atom is -0.480 e. The molecule has 0 aliphatic carbocycles. The van der Waals surface area contributed by atoms with Crippen molar-refractivity contribution in [1.29, 1.82) is 0 Å². The third-order valence-corrected chi connectivity index (χ3v) is 2.03. The maximum atomic E-state index is 12.1. The first kappa shape index (κ1) is 17.6. The summed E-state index contributed by atoms with van der Waals surface area (Å²) < 4.78 is 29.0. The average Bonchev–Trinajstić information content (AvgIpc) is 2.20. The van der Waals surface area contributed by atoms with E-state index in [9.17, 15) is 18.4 Å². The SMILES string of the molecule is CC(C)(C)OC(=O)N[C@H](CC[C@@H](O)C(F)F)C(=O)O. The van der Waals surface area contributed by atoms with E-state index in [4.69, 9.17) is 14.9 Å². The third-order valence-electron chi connectivity index (χ3n) is 2.03. The van der Waals surface area contributed by atoms with Gasteiger partial charge in [0.15, 0.2) is 0 Å². The molecule has 0 aromatic rings. The first-order chi connectivity index (χ1) is 8.53. The largest absolute Gasteiger partial charge is 0.480 e. The van der Waals surface area contributed by atoms with Crippen molar-refractivity contribution in [2.24, 2.45) is 0 Å². The summed E-state index contributed by atoms with van der Waals surface area (Å²) in [6.07, 6.45) is -6.57. The van der Waals surface area contributed by atoms with Gasteiger partial charge >= 0.3 is 12.1 Å². The number of carboxylic acids is 1. The summed E-state index contributed by atoms with van der Waals surface area (Å²) in [7, 11) is 0. The molecule has 1 amide bonds. The van der Waals surface area contributed by atoms with Crippen molar-refractivity contribution < 1.29 is 33.3 Å². The van der Waals surface area contributed by atoms with Gasteiger partial charge in [0, 0.05) is 0 Å². The van der Waals surface area contributed by atoms with Crippen LogP contribution in [0.2, 0.25) is 0 Å². The fourth-order valence-electron chi connectivity index (χ4n) is 1.17. The number of ether oxygens (including phenoxy) is 1. The lowest BCUT2D eigenvalue weighted by atomic mass is 10.1. The molecule has 0 aliphatic rings. The van der Waals surface area contributed by atoms with Crippen LogP contribution >= 0.6 is 0 Å². The zero-order chi connectivity index (χ0) is 15.2. The molecule has 0 unspecified atom stereocenters. The van der Waals surface area contributed by atoms with Gasteiger partial charge in [-0.1, -0.05) is 0 Å². The number of rotatable bonds is 6. The first-order valence-electron chi connectivity index (χ1n) is 5.71. The average molecular weight is 283 g/mol. The molecule has 2 atom stereocenters. The van der Waals surface area contributed by atoms with Crippen LogP contribution in [0.25, 0.3) is 0 Å². The van der Waals surface area contributed by atoms with Crippen LogP contribution in [0.3, 0.4) is 0 Å². The van der Waals surface area contributed by atoms with Crippen molar-refractivity contribution in [3.05, 3.63) is 0 Å². The molecule has 0 heterocycles. The molecule has 0 spiro atoms. The lowest BCUT2D eigenvalue weighted by Gasteiger charge is -2.22. The van der Waals surface area contributed by atoms with Crippen LogP contribution in [-0.2, 0) is 9.53 Å². The summed E-state index contributed by atoms with van der Waals surface area (Å²) in [6.45, 7) is 4.80. The Hall–Kier alpha value is -1.44. The van der Waals surface area contributed by atoms with E-state index in [0.717, 1.165) is 0 Å². The first-order valence-corrected chi connectivity index (χ1v) is 5.71. The molecule has 0 aromatic heterocycles. The number of alkyl carbamates (subject to hydrolysis) is 1. The molecule has 0 aliphatic heterocycles. The number of carbonyl (C=O) groups is 2. The quantitative estimate of drug-likeness (QED) is 0.684. The number of carbonyl (C=O) groups excluding carboxylic acids is 1. The number of aliphatic hydroxyl groups excluding tert-OH is 1. The number of aliphatic carboxylic acids is 1. The maximum absolute atomic E-state index is 12.1. The van der Waals surface area contributed by atoms with Crippen LogP contribution in [0, 0.1) is 0 Å². The highest BCUT2D eigenvalue weighted by atomic mass is 19.3. The van der Waals surface area contributed by atoms with Gasteiger partial charge in [0.2, 0.25) is 0 Å². The van der Waals surface area contributed by atoms with Crippen molar-refractivity contribution in [2.75, 3.05) is 0 Å². The Bertz CT molecular complexity index is 317. The molecule has 0 fully saturated rings. The van der Waals surface area contributed by atoms with Crippen LogP contribution in [0.15, 0.2) is 0 Å². The number of carboxylic acid groups (broad SMARTS) is 1. The van der Waals surface area contributed by atoms with Gasteiger partial charge in [-0.25, -0.2) is 18.4 Å². The van der Waals surface area contributed by atoms with Gasteiger partial charge in [-0.05, 0) is 33.6 Å². The molecular weight excluding hydrogens is 264 g/mol. The van der Waals surface area contributed by atoms with Gasteiger partial charge in [0.1, 0.15) is 17.7 Å². The van der Waals surface area contributed by atoms with Crippen molar-refractivity contribution in [2.45, 2.75) is 57.8 Å². The van der Waals surface area contributed by atoms with E-state index < -0.39 is 42.7 Å². The maximum Gasteiger partial charge on any atom is 0.408 e. The Kier molecular flexibility index (Phi) is 6.68. The fraction of sp³-hybridized carbons (Fsp3) is 0.818. The van der Waals surface area contributed by atoms with Crippen LogP contribution in [0.4, 0.5) is 13.6 Å². The van der Waals surface area contributed by atoms with Crippen molar-refractivity contribution in [3.63, 3.8) is 0 Å². The summed E-state index contributed by atoms with van der Waals surface area (Å²) in [6, 6.07) is -1.39. The highest BCUT2D eigenvalue weighted by molar-refractivity contribution is 5.79. The molecule has 3 N–H and O–H groups in total. The van der Waals surface area contributed by atoms with E-state index in [1.54, 1.807) is 20.8 Å². The van der Waals surface area contributed by atoms with Crippen LogP contribution in [-0.4, -0.2) is 46.4 Å². The smallest absolute Gasteiger partial charge is 0.408 e. The Morgan fingerprint density at radius 1 is 1.26 bits per heavy atom. The molecule has 0 rings (SSSR count). The van der Waals surface area contributed by atoms with E-state index in [2.05, 4.69) is 5.32 Å². The van der Waals surface area contributed by atoms with Gasteiger partial charge < -0.3 is 20.3 Å². The van der Waals surface area contributed by atoms with Crippen molar-refractivity contribution >= 4 is 12.1 Å². The van der Waals surface area contributed by atoms with E-state index in [0.29, 0.717) is 0 Å². The zero-order valence-corrected chi connectivity index (χ0v) is 11.0. The second-order valence-corrected chi connectivity index (χ2v) is 5.02. The number of hydrogen-bond donors (Lipinski definition) is 3. The molecule has 0 aromatic carbocycles. The summed E-state index contributed by atoms with van der Waals surface area (Å²) in [4.78, 5) is 22.2. The number of halogens is 2. The monoisotopic (exact) mass is 283 g/mol. The highest BCUT2D eigenvalue weighted by Crippen LogP contribution is 2.11. The lowest BCUT2D eigenvalue weighted by molar-refractivity contribution is -0.140. The molecule has 0 saturated carbocycles. The normalized spacial score (nSPS) is 14.9. The van der Waals surface area contributed by atoms with Crippen molar-refractivity contribution in [1.82, 2.24) is 5.32 Å². The standard InChI is InChI=1S/C11H19F2NO5/c1-11(2,3)19-10(18)14-6(9(16)17)4-5-7(15)8(12)13/h6-8,15H,4-5H2,1-3H3,(H,14,18)(H,16,17)/t6-,7-/m1/s1. The third kappa shape index (κ3) is 8.30. The van der Waals surface area contributed by atoms with Crippen LogP contribution in [0.5, 0.6) is 0 Å². The molecule has 0 radical (unpaired) electrons. The van der Waals surface area contributed by atoms with Crippen LogP contribution in [0.1, 0.15) is 33.6 Å². The van der Waals surface area contributed by atoms with E-state index >= 15 is 0 Å². The summed E-state index contributed by atoms with van der Waals surface area (Å²) >= 11 is 0. The Morgan fingerprint density at radius 2 is 1.79 bits per heavy atom. The highest BCUT2D eigenvalue weighted by Gasteiger charge is 2.26. The number of amides is 1. The minimum absolute atomic E-state index is 0.319. The summed E-state index contributed by atoms with van der Waals surface area (Å²) in [5, 5.41) is 19.8. The predicted molar refractivity (Wildman–Crippen MR) is 62.0 cm³/mol. The van der Waals surface area contributed by atoms with E-state index in [1.165, 1.54) is 0 Å². The second kappa shape index (κ2) is 7.22. The van der Waals surface area contributed by atoms with Gasteiger partial charge in [-0.3, -0.25) is 0 Å². The Labute approximate surface area is 109 Å². The molecule has 6 nitrogen and oxygen atoms in total. The summed E-state index contributed by atoms with van der Waals surface area (Å²) in [5.41, 5.74) is -0.796. The number of aliphatic hydroxyl groups is 1. The number of alkyl halides is 2. The minimum atomic E-state index is -2.95. The topological polar surface area (TPSA) is 95.9 Å². The molecule has 112 valence electrons. The number of nitrogens with one attached hydrogen (secondary N) is 1. The molecule has 0 saturated heterocycles. The molecule has 8 heteroatoms. The van der Waals surface area contributed by atoms with E-state index in [-0.39, 0.29) is 6.42 Å². The summed E-state index contributed by atoms with van der Waals surface area (Å²) in [5.74, 6) is -1.38. The van der Waals surface area contributed by atoms with Gasteiger partial charge in [0.25, 0.3) is 6.43 Å².